The number of amides is 3. The van der Waals surface area contributed by atoms with Crippen LogP contribution in [-0.2, 0) is 4.79 Å². The molecule has 0 saturated carbocycles. The molecule has 3 amide bonds. The molecule has 0 heterocycles. The van der Waals surface area contributed by atoms with Gasteiger partial charge in [0.05, 0.1) is 0 Å². The zero-order chi connectivity index (χ0) is 13.5. The molecular weight excluding hydrogens is 239 g/mol. The number of hydrogen-bond donors (Lipinski definition) is 3. The number of carbonyl (C=O) groups excluding carboxylic acids is 2. The standard InChI is InChI=1S/C9H16F3N3O2/c1-6(2)15-7(16)3-4-13-8(17)14-5-9(10,11)12/h6H,3-5H2,1-2H3,(H,15,16)(H2,13,14,17). The van der Waals surface area contributed by atoms with Crippen molar-refractivity contribution in [1.82, 2.24) is 16.0 Å². The van der Waals surface area contributed by atoms with Crippen LogP contribution in [0.25, 0.3) is 0 Å². The van der Waals surface area contributed by atoms with E-state index >= 15 is 0 Å². The van der Waals surface area contributed by atoms with Crippen LogP contribution in [0.3, 0.4) is 0 Å². The third kappa shape index (κ3) is 10.8. The van der Waals surface area contributed by atoms with Crippen molar-refractivity contribution in [2.75, 3.05) is 13.1 Å². The molecule has 0 fully saturated rings. The van der Waals surface area contributed by atoms with Gasteiger partial charge in [-0.1, -0.05) is 0 Å². The molecule has 17 heavy (non-hydrogen) atoms. The van der Waals surface area contributed by atoms with Crippen molar-refractivity contribution in [1.29, 1.82) is 0 Å². The molecule has 8 heteroatoms. The van der Waals surface area contributed by atoms with Crippen LogP contribution in [-0.4, -0.2) is 37.2 Å². The highest BCUT2D eigenvalue weighted by molar-refractivity contribution is 5.78. The Morgan fingerprint density at radius 3 is 2.24 bits per heavy atom. The Hall–Kier alpha value is -1.47. The number of nitrogens with one attached hydrogen (secondary N) is 3. The fraction of sp³-hybridized carbons (Fsp3) is 0.778. The summed E-state index contributed by atoms with van der Waals surface area (Å²) in [6.45, 7) is 2.15. The summed E-state index contributed by atoms with van der Waals surface area (Å²) in [5, 5.41) is 6.36. The number of rotatable bonds is 5. The number of halogens is 3. The Kier molecular flexibility index (Phi) is 6.37. The number of urea groups is 1. The molecule has 0 spiro atoms. The van der Waals surface area contributed by atoms with Crippen LogP contribution in [0.1, 0.15) is 20.3 Å². The number of alkyl halides is 3. The summed E-state index contributed by atoms with van der Waals surface area (Å²) in [6, 6.07) is -0.957. The number of hydrogen-bond acceptors (Lipinski definition) is 2. The first-order valence-electron chi connectivity index (χ1n) is 5.08. The van der Waals surface area contributed by atoms with Crippen LogP contribution >= 0.6 is 0 Å². The summed E-state index contributed by atoms with van der Waals surface area (Å²) in [7, 11) is 0. The van der Waals surface area contributed by atoms with Gasteiger partial charge in [-0.15, -0.1) is 0 Å². The molecule has 0 unspecified atom stereocenters. The monoisotopic (exact) mass is 255 g/mol. The molecule has 0 atom stereocenters. The fourth-order valence-electron chi connectivity index (χ4n) is 0.927. The van der Waals surface area contributed by atoms with E-state index in [1.54, 1.807) is 19.2 Å². The van der Waals surface area contributed by atoms with Gasteiger partial charge < -0.3 is 16.0 Å². The maximum atomic E-state index is 11.7. The van der Waals surface area contributed by atoms with Gasteiger partial charge in [-0.2, -0.15) is 13.2 Å². The fourth-order valence-corrected chi connectivity index (χ4v) is 0.927. The van der Waals surface area contributed by atoms with E-state index in [2.05, 4.69) is 10.6 Å². The smallest absolute Gasteiger partial charge is 0.354 e. The van der Waals surface area contributed by atoms with Crippen LogP contribution in [0, 0.1) is 0 Å². The zero-order valence-electron chi connectivity index (χ0n) is 9.65. The first kappa shape index (κ1) is 15.5. The summed E-state index contributed by atoms with van der Waals surface area (Å²) in [6.07, 6.45) is -4.41. The molecule has 0 aliphatic heterocycles. The predicted octanol–water partition coefficient (Wildman–Crippen LogP) is 0.763. The Bertz CT molecular complexity index is 267. The van der Waals surface area contributed by atoms with E-state index < -0.39 is 18.8 Å². The summed E-state index contributed by atoms with van der Waals surface area (Å²) in [4.78, 5) is 21.9. The second kappa shape index (κ2) is 6.97. The SMILES string of the molecule is CC(C)NC(=O)CCNC(=O)NCC(F)(F)F. The molecule has 5 nitrogen and oxygen atoms in total. The quantitative estimate of drug-likeness (QED) is 0.679. The minimum Gasteiger partial charge on any atom is -0.354 e. The van der Waals surface area contributed by atoms with Crippen molar-refractivity contribution in [3.8, 4) is 0 Å². The lowest BCUT2D eigenvalue weighted by Crippen LogP contribution is -2.42. The van der Waals surface area contributed by atoms with Gasteiger partial charge in [0.2, 0.25) is 5.91 Å². The lowest BCUT2D eigenvalue weighted by atomic mass is 10.3. The number of carbonyl (C=O) groups is 2. The summed E-state index contributed by atoms with van der Waals surface area (Å²) in [5.41, 5.74) is 0. The van der Waals surface area contributed by atoms with Crippen LogP contribution in [0.5, 0.6) is 0 Å². The molecule has 0 aromatic heterocycles. The normalized spacial score (nSPS) is 11.2. The van der Waals surface area contributed by atoms with Gasteiger partial charge >= 0.3 is 12.2 Å². The molecule has 0 rings (SSSR count). The van der Waals surface area contributed by atoms with Gasteiger partial charge in [-0.25, -0.2) is 4.79 Å². The second-order valence-corrected chi connectivity index (χ2v) is 3.70. The molecule has 3 N–H and O–H groups in total. The molecule has 0 aromatic carbocycles. The van der Waals surface area contributed by atoms with Crippen molar-refractivity contribution in [3.05, 3.63) is 0 Å². The molecule has 0 bridgehead atoms. The third-order valence-corrected chi connectivity index (χ3v) is 1.54. The van der Waals surface area contributed by atoms with E-state index in [9.17, 15) is 22.8 Å². The van der Waals surface area contributed by atoms with Gasteiger partial charge in [0, 0.05) is 19.0 Å². The second-order valence-electron chi connectivity index (χ2n) is 3.70. The first-order valence-corrected chi connectivity index (χ1v) is 5.08. The van der Waals surface area contributed by atoms with E-state index in [0.717, 1.165) is 0 Å². The van der Waals surface area contributed by atoms with Crippen molar-refractivity contribution in [2.24, 2.45) is 0 Å². The Morgan fingerprint density at radius 2 is 1.76 bits per heavy atom. The molecule has 0 aliphatic rings. The Balaban J connectivity index is 3.61. The lowest BCUT2D eigenvalue weighted by Gasteiger charge is -2.10. The maximum Gasteiger partial charge on any atom is 0.405 e. The van der Waals surface area contributed by atoms with Gasteiger partial charge in [0.25, 0.3) is 0 Å². The van der Waals surface area contributed by atoms with Gasteiger partial charge in [0.15, 0.2) is 0 Å². The van der Waals surface area contributed by atoms with E-state index in [1.165, 1.54) is 0 Å². The highest BCUT2D eigenvalue weighted by Crippen LogP contribution is 2.11. The van der Waals surface area contributed by atoms with Crippen molar-refractivity contribution < 1.29 is 22.8 Å². The van der Waals surface area contributed by atoms with Crippen molar-refractivity contribution in [3.63, 3.8) is 0 Å². The largest absolute Gasteiger partial charge is 0.405 e. The van der Waals surface area contributed by atoms with Crippen LogP contribution in [0.2, 0.25) is 0 Å². The Labute approximate surface area is 97.1 Å². The minimum atomic E-state index is -4.44. The molecular formula is C9H16F3N3O2. The summed E-state index contributed by atoms with van der Waals surface area (Å²) in [5.74, 6) is -0.267. The third-order valence-electron chi connectivity index (χ3n) is 1.54. The summed E-state index contributed by atoms with van der Waals surface area (Å²) < 4.78 is 35.1. The lowest BCUT2D eigenvalue weighted by molar-refractivity contribution is -0.123. The van der Waals surface area contributed by atoms with E-state index in [-0.39, 0.29) is 24.9 Å². The van der Waals surface area contributed by atoms with Gasteiger partial charge in [0.1, 0.15) is 6.54 Å². The minimum absolute atomic E-state index is 0.0117. The highest BCUT2D eigenvalue weighted by Gasteiger charge is 2.27. The topological polar surface area (TPSA) is 70.2 Å². The maximum absolute atomic E-state index is 11.7. The average Bonchev–Trinajstić information content (AvgIpc) is 2.12. The van der Waals surface area contributed by atoms with E-state index in [4.69, 9.17) is 0 Å². The van der Waals surface area contributed by atoms with Crippen LogP contribution < -0.4 is 16.0 Å². The Morgan fingerprint density at radius 1 is 1.18 bits per heavy atom. The highest BCUT2D eigenvalue weighted by atomic mass is 19.4. The average molecular weight is 255 g/mol. The van der Waals surface area contributed by atoms with Crippen LogP contribution in [0.15, 0.2) is 0 Å². The predicted molar refractivity (Wildman–Crippen MR) is 55.4 cm³/mol. The van der Waals surface area contributed by atoms with Crippen molar-refractivity contribution >= 4 is 11.9 Å². The molecule has 0 aliphatic carbocycles. The molecule has 0 saturated heterocycles. The van der Waals surface area contributed by atoms with Gasteiger partial charge in [-0.05, 0) is 13.8 Å². The van der Waals surface area contributed by atoms with Gasteiger partial charge in [-0.3, -0.25) is 4.79 Å². The van der Waals surface area contributed by atoms with E-state index in [1.807, 2.05) is 0 Å². The zero-order valence-corrected chi connectivity index (χ0v) is 9.65. The van der Waals surface area contributed by atoms with Crippen molar-refractivity contribution in [2.45, 2.75) is 32.5 Å². The van der Waals surface area contributed by atoms with E-state index in [0.29, 0.717) is 0 Å². The molecule has 0 radical (unpaired) electrons. The molecule has 0 aromatic rings. The summed E-state index contributed by atoms with van der Waals surface area (Å²) >= 11 is 0. The molecule has 100 valence electrons. The van der Waals surface area contributed by atoms with Crippen LogP contribution in [0.4, 0.5) is 18.0 Å². The first-order chi connectivity index (χ1) is 7.70.